The minimum atomic E-state index is -0.341. The molecule has 1 fully saturated rings. The highest BCUT2D eigenvalue weighted by molar-refractivity contribution is 6.05. The van der Waals surface area contributed by atoms with Crippen LogP contribution >= 0.6 is 0 Å². The first-order chi connectivity index (χ1) is 15.2. The number of carbonyl (C=O) groups excluding carboxylic acids is 2. The van der Waals surface area contributed by atoms with Crippen molar-refractivity contribution in [1.82, 2.24) is 4.98 Å². The fourth-order valence-corrected chi connectivity index (χ4v) is 3.25. The second kappa shape index (κ2) is 7.95. The predicted molar refractivity (Wildman–Crippen MR) is 115 cm³/mol. The Morgan fingerprint density at radius 3 is 2.13 bits per heavy atom. The van der Waals surface area contributed by atoms with Crippen LogP contribution in [-0.4, -0.2) is 16.8 Å². The number of furan rings is 1. The van der Waals surface area contributed by atoms with Gasteiger partial charge in [0.2, 0.25) is 5.89 Å². The number of carbonyl (C=O) groups is 2. The molecule has 1 aliphatic rings. The smallest absolute Gasteiger partial charge is 0.291 e. The van der Waals surface area contributed by atoms with Crippen LogP contribution in [-0.2, 0) is 0 Å². The van der Waals surface area contributed by atoms with Gasteiger partial charge in [-0.25, -0.2) is 4.98 Å². The van der Waals surface area contributed by atoms with E-state index < -0.39 is 0 Å². The van der Waals surface area contributed by atoms with Crippen molar-refractivity contribution in [3.05, 3.63) is 90.2 Å². The lowest BCUT2D eigenvalue weighted by molar-refractivity contribution is 0.0994. The summed E-state index contributed by atoms with van der Waals surface area (Å²) < 4.78 is 11.0. The van der Waals surface area contributed by atoms with Gasteiger partial charge >= 0.3 is 0 Å². The largest absolute Gasteiger partial charge is 0.459 e. The van der Waals surface area contributed by atoms with Crippen LogP contribution in [0.1, 0.15) is 45.6 Å². The number of nitrogens with zero attached hydrogens (tertiary/aromatic N) is 1. The summed E-state index contributed by atoms with van der Waals surface area (Å²) in [5.41, 5.74) is 2.33. The van der Waals surface area contributed by atoms with E-state index in [4.69, 9.17) is 8.83 Å². The number of nitrogens with one attached hydrogen (secondary N) is 2. The monoisotopic (exact) mass is 413 g/mol. The first kappa shape index (κ1) is 18.9. The third-order valence-corrected chi connectivity index (χ3v) is 4.98. The summed E-state index contributed by atoms with van der Waals surface area (Å²) in [6.07, 6.45) is 3.43. The lowest BCUT2D eigenvalue weighted by Gasteiger charge is -2.07. The summed E-state index contributed by atoms with van der Waals surface area (Å²) >= 11 is 0. The predicted octanol–water partition coefficient (Wildman–Crippen LogP) is 5.32. The number of hydrogen-bond acceptors (Lipinski definition) is 5. The van der Waals surface area contributed by atoms with E-state index in [1.54, 1.807) is 36.4 Å². The van der Waals surface area contributed by atoms with Crippen LogP contribution in [0, 0.1) is 0 Å². The zero-order chi connectivity index (χ0) is 21.2. The molecule has 0 spiro atoms. The van der Waals surface area contributed by atoms with Crippen molar-refractivity contribution in [1.29, 1.82) is 0 Å². The molecular weight excluding hydrogens is 394 g/mol. The van der Waals surface area contributed by atoms with E-state index in [0.29, 0.717) is 28.7 Å². The molecule has 1 saturated carbocycles. The van der Waals surface area contributed by atoms with Gasteiger partial charge in [-0.05, 0) is 61.4 Å². The number of oxazole rings is 1. The Morgan fingerprint density at radius 1 is 0.839 bits per heavy atom. The van der Waals surface area contributed by atoms with Crippen LogP contribution < -0.4 is 10.6 Å². The lowest BCUT2D eigenvalue weighted by atomic mass is 10.2. The maximum absolute atomic E-state index is 12.9. The van der Waals surface area contributed by atoms with Gasteiger partial charge in [0.05, 0.1) is 6.26 Å². The van der Waals surface area contributed by atoms with Crippen LogP contribution in [0.4, 0.5) is 11.4 Å². The number of aromatic nitrogens is 1. The van der Waals surface area contributed by atoms with E-state index in [1.165, 1.54) is 6.26 Å². The van der Waals surface area contributed by atoms with Gasteiger partial charge < -0.3 is 19.5 Å². The Bertz CT molecular complexity index is 1210. The molecule has 0 radical (unpaired) electrons. The van der Waals surface area contributed by atoms with Gasteiger partial charge in [-0.15, -0.1) is 0 Å². The van der Waals surface area contributed by atoms with Crippen molar-refractivity contribution in [3.63, 3.8) is 0 Å². The van der Waals surface area contributed by atoms with Crippen LogP contribution in [0.2, 0.25) is 0 Å². The number of hydrogen-bond donors (Lipinski definition) is 2. The van der Waals surface area contributed by atoms with Crippen molar-refractivity contribution in [2.75, 3.05) is 10.6 Å². The van der Waals surface area contributed by atoms with Gasteiger partial charge in [0.25, 0.3) is 11.8 Å². The molecule has 7 nitrogen and oxygen atoms in total. The third kappa shape index (κ3) is 4.11. The van der Waals surface area contributed by atoms with Gasteiger partial charge in [0, 0.05) is 22.9 Å². The highest BCUT2D eigenvalue weighted by Crippen LogP contribution is 2.43. The average molecular weight is 413 g/mol. The molecule has 2 amide bonds. The standard InChI is InChI=1S/C24H19N3O4/c28-22(19-7-4-14-30-19)25-17-10-12-18(13-11-17)26-23(29)20-21(15-8-9-15)31-24(27-20)16-5-2-1-3-6-16/h1-7,10-15H,8-9H2,(H,25,28)(H,26,29). The van der Waals surface area contributed by atoms with E-state index in [9.17, 15) is 9.59 Å². The topological polar surface area (TPSA) is 97.4 Å². The van der Waals surface area contributed by atoms with Gasteiger partial charge in [0.15, 0.2) is 11.5 Å². The van der Waals surface area contributed by atoms with Crippen molar-refractivity contribution < 1.29 is 18.4 Å². The molecule has 1 aliphatic carbocycles. The first-order valence-electron chi connectivity index (χ1n) is 10.00. The Morgan fingerprint density at radius 2 is 1.52 bits per heavy atom. The van der Waals surface area contributed by atoms with Crippen LogP contribution in [0.3, 0.4) is 0 Å². The Hall–Kier alpha value is -4.13. The summed E-state index contributed by atoms with van der Waals surface area (Å²) in [5.74, 6) is 0.893. The zero-order valence-electron chi connectivity index (χ0n) is 16.5. The quantitative estimate of drug-likeness (QED) is 0.446. The molecule has 4 aromatic rings. The van der Waals surface area contributed by atoms with E-state index in [2.05, 4.69) is 15.6 Å². The lowest BCUT2D eigenvalue weighted by Crippen LogP contribution is -2.14. The second-order valence-corrected chi connectivity index (χ2v) is 7.34. The van der Waals surface area contributed by atoms with Crippen molar-refractivity contribution >= 4 is 23.2 Å². The summed E-state index contributed by atoms with van der Waals surface area (Å²) in [4.78, 5) is 29.4. The molecule has 2 aromatic heterocycles. The summed E-state index contributed by atoms with van der Waals surface area (Å²) in [7, 11) is 0. The Labute approximate surface area is 178 Å². The minimum absolute atomic E-state index is 0.227. The fraction of sp³-hybridized carbons (Fsp3) is 0.125. The molecule has 7 heteroatoms. The van der Waals surface area contributed by atoms with Gasteiger partial charge in [-0.1, -0.05) is 18.2 Å². The van der Waals surface area contributed by atoms with Crippen molar-refractivity contribution in [2.24, 2.45) is 0 Å². The fourth-order valence-electron chi connectivity index (χ4n) is 3.25. The van der Waals surface area contributed by atoms with Crippen molar-refractivity contribution in [3.8, 4) is 11.5 Å². The third-order valence-electron chi connectivity index (χ3n) is 4.98. The molecule has 0 saturated heterocycles. The number of rotatable bonds is 6. The molecule has 2 N–H and O–H groups in total. The van der Waals surface area contributed by atoms with Gasteiger partial charge in [-0.3, -0.25) is 9.59 Å². The molecule has 154 valence electrons. The molecule has 0 unspecified atom stereocenters. The second-order valence-electron chi connectivity index (χ2n) is 7.34. The summed E-state index contributed by atoms with van der Waals surface area (Å²) in [6.45, 7) is 0. The maximum atomic E-state index is 12.9. The maximum Gasteiger partial charge on any atom is 0.291 e. The molecule has 0 aliphatic heterocycles. The number of anilines is 2. The molecular formula is C24H19N3O4. The molecule has 0 atom stereocenters. The van der Waals surface area contributed by atoms with E-state index in [1.807, 2.05) is 30.3 Å². The van der Waals surface area contributed by atoms with Gasteiger partial charge in [-0.2, -0.15) is 0 Å². The van der Waals surface area contributed by atoms with E-state index >= 15 is 0 Å². The highest BCUT2D eigenvalue weighted by Gasteiger charge is 2.34. The molecule has 31 heavy (non-hydrogen) atoms. The van der Waals surface area contributed by atoms with E-state index in [-0.39, 0.29) is 23.5 Å². The Balaban J connectivity index is 1.31. The first-order valence-corrected chi connectivity index (χ1v) is 10.00. The van der Waals surface area contributed by atoms with Crippen LogP contribution in [0.15, 0.2) is 81.8 Å². The highest BCUT2D eigenvalue weighted by atomic mass is 16.4. The molecule has 0 bridgehead atoms. The normalized spacial score (nSPS) is 13.0. The summed E-state index contributed by atoms with van der Waals surface area (Å²) in [5, 5.41) is 5.60. The summed E-state index contributed by atoms with van der Waals surface area (Å²) in [6, 6.07) is 19.6. The molecule has 2 heterocycles. The molecule has 5 rings (SSSR count). The average Bonchev–Trinajstić information content (AvgIpc) is 3.30. The molecule has 2 aromatic carbocycles. The number of benzene rings is 2. The minimum Gasteiger partial charge on any atom is -0.459 e. The van der Waals surface area contributed by atoms with Crippen molar-refractivity contribution in [2.45, 2.75) is 18.8 Å². The SMILES string of the molecule is O=C(Nc1ccc(NC(=O)c2nc(-c3ccccc3)oc2C2CC2)cc1)c1ccco1. The van der Waals surface area contributed by atoms with Crippen LogP contribution in [0.25, 0.3) is 11.5 Å². The van der Waals surface area contributed by atoms with E-state index in [0.717, 1.165) is 18.4 Å². The van der Waals surface area contributed by atoms with Gasteiger partial charge in [0.1, 0.15) is 5.76 Å². The Kier molecular flexibility index (Phi) is 4.84. The zero-order valence-corrected chi connectivity index (χ0v) is 16.5. The number of amides is 2. The van der Waals surface area contributed by atoms with Crippen LogP contribution in [0.5, 0.6) is 0 Å².